The monoisotopic (exact) mass is 381 g/mol. The lowest BCUT2D eigenvalue weighted by atomic mass is 10.0. The molecule has 1 unspecified atom stereocenters. The van der Waals surface area contributed by atoms with Crippen LogP contribution in [-0.2, 0) is 0 Å². The van der Waals surface area contributed by atoms with Gasteiger partial charge < -0.3 is 19.8 Å². The normalized spacial score (nSPS) is 12.4. The highest BCUT2D eigenvalue weighted by atomic mass is 35.5. The number of aromatic nitrogens is 3. The summed E-state index contributed by atoms with van der Waals surface area (Å²) in [5.41, 5.74) is 2.92. The molecule has 0 spiro atoms. The van der Waals surface area contributed by atoms with Crippen LogP contribution in [0.2, 0.25) is 5.02 Å². The number of hydrogen-bond donors (Lipinski definition) is 3. The highest BCUT2D eigenvalue weighted by Crippen LogP contribution is 2.35. The highest BCUT2D eigenvalue weighted by Gasteiger charge is 2.15. The summed E-state index contributed by atoms with van der Waals surface area (Å²) in [6, 6.07) is 10.6. The summed E-state index contributed by atoms with van der Waals surface area (Å²) in [5, 5.41) is 21.3. The maximum absolute atomic E-state index is 11.8. The number of aromatic amines is 1. The molecule has 0 amide bonds. The molecule has 0 bridgehead atoms. The minimum Gasteiger partial charge on any atom is -0.503 e. The highest BCUT2D eigenvalue weighted by molar-refractivity contribution is 6.34. The van der Waals surface area contributed by atoms with E-state index in [1.165, 1.54) is 12.3 Å². The molecule has 27 heavy (non-hydrogen) atoms. The molecular weight excluding hydrogens is 366 g/mol. The topological polar surface area (TPSA) is 91.1 Å². The first-order valence-corrected chi connectivity index (χ1v) is 8.69. The van der Waals surface area contributed by atoms with E-state index in [2.05, 4.69) is 9.97 Å². The quantitative estimate of drug-likeness (QED) is 0.503. The Hall–Kier alpha value is -3.09. The van der Waals surface area contributed by atoms with Gasteiger partial charge in [0, 0.05) is 35.1 Å². The summed E-state index contributed by atoms with van der Waals surface area (Å²) in [6.45, 7) is 1.56. The zero-order valence-electron chi connectivity index (χ0n) is 14.3. The summed E-state index contributed by atoms with van der Waals surface area (Å²) in [7, 11) is 0. The van der Waals surface area contributed by atoms with Crippen LogP contribution in [0.15, 0.2) is 59.8 Å². The molecule has 136 valence electrons. The Labute approximate surface area is 159 Å². The Bertz CT molecular complexity index is 1210. The molecule has 3 heterocycles. The largest absolute Gasteiger partial charge is 0.503 e. The summed E-state index contributed by atoms with van der Waals surface area (Å²) in [6.07, 6.45) is 3.81. The molecule has 0 aliphatic carbocycles. The Kier molecular flexibility index (Phi) is 4.22. The second kappa shape index (κ2) is 6.57. The van der Waals surface area contributed by atoms with Gasteiger partial charge in [-0.3, -0.25) is 4.79 Å². The van der Waals surface area contributed by atoms with Gasteiger partial charge in [0.1, 0.15) is 5.65 Å². The maximum atomic E-state index is 11.8. The predicted molar refractivity (Wildman–Crippen MR) is 104 cm³/mol. The fraction of sp³-hybridized carbons (Fsp3) is 0.100. The number of H-pyrrole nitrogens is 1. The van der Waals surface area contributed by atoms with Crippen molar-refractivity contribution in [1.29, 1.82) is 0 Å². The van der Waals surface area contributed by atoms with Gasteiger partial charge in [0.05, 0.1) is 23.0 Å². The number of pyridine rings is 2. The van der Waals surface area contributed by atoms with Crippen LogP contribution in [0.25, 0.3) is 27.8 Å². The van der Waals surface area contributed by atoms with Crippen LogP contribution in [0.5, 0.6) is 5.75 Å². The van der Waals surface area contributed by atoms with Crippen molar-refractivity contribution in [3.05, 3.63) is 75.9 Å². The molecule has 3 N–H and O–H groups in total. The fourth-order valence-electron chi connectivity index (χ4n) is 3.17. The van der Waals surface area contributed by atoms with E-state index >= 15 is 0 Å². The van der Waals surface area contributed by atoms with Crippen molar-refractivity contribution < 1.29 is 10.2 Å². The van der Waals surface area contributed by atoms with Crippen molar-refractivity contribution in [2.75, 3.05) is 0 Å². The van der Waals surface area contributed by atoms with Crippen LogP contribution in [0.3, 0.4) is 0 Å². The number of rotatable bonds is 3. The van der Waals surface area contributed by atoms with Crippen molar-refractivity contribution in [3.8, 4) is 22.6 Å². The molecule has 0 saturated heterocycles. The third-order valence-electron chi connectivity index (χ3n) is 4.44. The summed E-state index contributed by atoms with van der Waals surface area (Å²) in [4.78, 5) is 19.1. The van der Waals surface area contributed by atoms with Gasteiger partial charge in [-0.05, 0) is 30.7 Å². The van der Waals surface area contributed by atoms with Crippen molar-refractivity contribution in [1.82, 2.24) is 14.5 Å². The molecule has 0 fully saturated rings. The average Bonchev–Trinajstić information content (AvgIpc) is 3.12. The minimum absolute atomic E-state index is 0.377. The molecule has 1 aromatic carbocycles. The smallest absolute Gasteiger partial charge is 0.223 e. The van der Waals surface area contributed by atoms with Crippen molar-refractivity contribution in [3.63, 3.8) is 0 Å². The lowest BCUT2D eigenvalue weighted by Gasteiger charge is -2.17. The number of aliphatic hydroxyl groups excluding tert-OH is 1. The van der Waals surface area contributed by atoms with E-state index in [9.17, 15) is 15.0 Å². The third kappa shape index (κ3) is 2.99. The molecule has 3 aromatic heterocycles. The van der Waals surface area contributed by atoms with Crippen LogP contribution in [0, 0.1) is 0 Å². The number of aliphatic hydroxyl groups is 1. The molecule has 4 rings (SSSR count). The molecule has 6 nitrogen and oxygen atoms in total. The van der Waals surface area contributed by atoms with E-state index in [1.54, 1.807) is 23.9 Å². The van der Waals surface area contributed by atoms with Gasteiger partial charge in [-0.25, -0.2) is 4.98 Å². The Morgan fingerprint density at radius 3 is 2.85 bits per heavy atom. The van der Waals surface area contributed by atoms with Gasteiger partial charge in [-0.1, -0.05) is 23.7 Å². The lowest BCUT2D eigenvalue weighted by Crippen LogP contribution is -2.13. The molecule has 0 aliphatic heterocycles. The van der Waals surface area contributed by atoms with Crippen molar-refractivity contribution in [2.45, 2.75) is 13.0 Å². The SMILES string of the molecule is CC(O)c1cc(=O)c(O)cn1-c1cccc(-c2c(Cl)cnc3[nH]ccc23)c1. The first-order chi connectivity index (χ1) is 13.0. The second-order valence-electron chi connectivity index (χ2n) is 6.27. The van der Waals surface area contributed by atoms with Crippen molar-refractivity contribution >= 4 is 22.6 Å². The summed E-state index contributed by atoms with van der Waals surface area (Å²) in [5.74, 6) is -0.389. The van der Waals surface area contributed by atoms with Gasteiger partial charge in [-0.2, -0.15) is 0 Å². The standard InChI is InChI=1S/C20H16ClN3O3/c1-11(25)16-8-17(26)18(27)10-24(16)13-4-2-3-12(7-13)19-14-5-6-22-20(14)23-9-15(19)21/h2-11,25,27H,1H3,(H,22,23). The van der Waals surface area contributed by atoms with Gasteiger partial charge in [0.15, 0.2) is 5.75 Å². The number of nitrogens with zero attached hydrogens (tertiary/aromatic N) is 2. The van der Waals surface area contributed by atoms with E-state index in [0.717, 1.165) is 22.2 Å². The van der Waals surface area contributed by atoms with Crippen LogP contribution < -0.4 is 5.43 Å². The van der Waals surface area contributed by atoms with Gasteiger partial charge in [-0.15, -0.1) is 0 Å². The Morgan fingerprint density at radius 1 is 1.26 bits per heavy atom. The molecule has 0 aliphatic rings. The van der Waals surface area contributed by atoms with Gasteiger partial charge in [0.25, 0.3) is 0 Å². The number of hydrogen-bond acceptors (Lipinski definition) is 4. The zero-order chi connectivity index (χ0) is 19.1. The molecule has 0 saturated carbocycles. The molecule has 7 heteroatoms. The molecule has 4 aromatic rings. The number of halogens is 1. The second-order valence-corrected chi connectivity index (χ2v) is 6.67. The van der Waals surface area contributed by atoms with E-state index in [4.69, 9.17) is 11.6 Å². The number of fused-ring (bicyclic) bond motifs is 1. The lowest BCUT2D eigenvalue weighted by molar-refractivity contribution is 0.191. The maximum Gasteiger partial charge on any atom is 0.223 e. The van der Waals surface area contributed by atoms with Crippen LogP contribution >= 0.6 is 11.6 Å². The van der Waals surface area contributed by atoms with E-state index in [0.29, 0.717) is 16.4 Å². The van der Waals surface area contributed by atoms with Crippen LogP contribution in [0.1, 0.15) is 18.7 Å². The first-order valence-electron chi connectivity index (χ1n) is 8.31. The molecule has 0 radical (unpaired) electrons. The van der Waals surface area contributed by atoms with Crippen LogP contribution in [-0.4, -0.2) is 24.7 Å². The number of aromatic hydroxyl groups is 1. The Balaban J connectivity index is 1.95. The fourth-order valence-corrected chi connectivity index (χ4v) is 3.43. The predicted octanol–water partition coefficient (Wildman–Crippen LogP) is 3.79. The summed E-state index contributed by atoms with van der Waals surface area (Å²) < 4.78 is 1.59. The van der Waals surface area contributed by atoms with E-state index < -0.39 is 11.5 Å². The van der Waals surface area contributed by atoms with Crippen LogP contribution in [0.4, 0.5) is 0 Å². The molecular formula is C20H16ClN3O3. The number of benzene rings is 1. The minimum atomic E-state index is -0.886. The summed E-state index contributed by atoms with van der Waals surface area (Å²) >= 11 is 6.42. The van der Waals surface area contributed by atoms with E-state index in [1.807, 2.05) is 30.3 Å². The van der Waals surface area contributed by atoms with E-state index in [-0.39, 0.29) is 5.75 Å². The van der Waals surface area contributed by atoms with Gasteiger partial charge in [0.2, 0.25) is 5.43 Å². The Morgan fingerprint density at radius 2 is 2.07 bits per heavy atom. The zero-order valence-corrected chi connectivity index (χ0v) is 15.1. The average molecular weight is 382 g/mol. The van der Waals surface area contributed by atoms with Gasteiger partial charge >= 0.3 is 0 Å². The number of nitrogens with one attached hydrogen (secondary N) is 1. The first kappa shape index (κ1) is 17.3. The van der Waals surface area contributed by atoms with Crippen molar-refractivity contribution in [2.24, 2.45) is 0 Å². The third-order valence-corrected chi connectivity index (χ3v) is 4.73. The molecule has 1 atom stereocenters.